The molecule has 4 heteroatoms. The van der Waals surface area contributed by atoms with E-state index in [1.807, 2.05) is 6.07 Å². The zero-order valence-electron chi connectivity index (χ0n) is 15.0. The van der Waals surface area contributed by atoms with E-state index in [1.54, 1.807) is 0 Å². The Kier molecular flexibility index (Phi) is 2.69. The first-order valence-electron chi connectivity index (χ1n) is 10.1. The quantitative estimate of drug-likeness (QED) is 0.869. The standard InChI is InChI=1S/C21H28N2O2/c1-20-7-6-14(22)19-21(20)8-9-23(11-12-2-3-12)16(20)10-13-4-5-15(24)18(25-19)17(13)21/h4-5,12,14,16,19,24H,2-3,6-11,22H2,1H3/t14-,16+,19-,20-,21-/m0/s1. The highest BCUT2D eigenvalue weighted by Gasteiger charge is 2.70. The number of hydrogen-bond acceptors (Lipinski definition) is 4. The van der Waals surface area contributed by atoms with Gasteiger partial charge in [-0.25, -0.2) is 0 Å². The predicted octanol–water partition coefficient (Wildman–Crippen LogP) is 2.56. The summed E-state index contributed by atoms with van der Waals surface area (Å²) in [4.78, 5) is 2.80. The lowest BCUT2D eigenvalue weighted by atomic mass is 9.43. The third-order valence-corrected chi connectivity index (χ3v) is 8.38. The van der Waals surface area contributed by atoms with Crippen molar-refractivity contribution < 1.29 is 9.84 Å². The van der Waals surface area contributed by atoms with Crippen molar-refractivity contribution in [3.63, 3.8) is 0 Å². The molecular weight excluding hydrogens is 312 g/mol. The van der Waals surface area contributed by atoms with Crippen LogP contribution in [-0.2, 0) is 11.8 Å². The van der Waals surface area contributed by atoms with Gasteiger partial charge < -0.3 is 15.6 Å². The zero-order chi connectivity index (χ0) is 17.0. The molecule has 0 amide bonds. The summed E-state index contributed by atoms with van der Waals surface area (Å²) in [6.45, 7) is 4.92. The molecule has 0 unspecified atom stereocenters. The molecule has 3 N–H and O–H groups in total. The second kappa shape index (κ2) is 4.52. The molecule has 1 saturated heterocycles. The van der Waals surface area contributed by atoms with Crippen molar-refractivity contribution >= 4 is 0 Å². The summed E-state index contributed by atoms with van der Waals surface area (Å²) in [5.41, 5.74) is 9.49. The highest BCUT2D eigenvalue weighted by molar-refractivity contribution is 5.61. The van der Waals surface area contributed by atoms with Crippen LogP contribution in [0.25, 0.3) is 0 Å². The Morgan fingerprint density at radius 1 is 1.28 bits per heavy atom. The Hall–Kier alpha value is -1.26. The van der Waals surface area contributed by atoms with Crippen molar-refractivity contribution in [3.05, 3.63) is 23.3 Å². The van der Waals surface area contributed by atoms with E-state index in [9.17, 15) is 5.11 Å². The highest BCUT2D eigenvalue weighted by atomic mass is 16.5. The van der Waals surface area contributed by atoms with Crippen molar-refractivity contribution in [2.75, 3.05) is 13.1 Å². The minimum atomic E-state index is -0.00294. The van der Waals surface area contributed by atoms with Crippen LogP contribution in [0.1, 0.15) is 50.2 Å². The van der Waals surface area contributed by atoms with Crippen LogP contribution in [0.5, 0.6) is 11.5 Å². The summed E-state index contributed by atoms with van der Waals surface area (Å²) in [6.07, 6.45) is 7.27. The number of hydrogen-bond donors (Lipinski definition) is 2. The monoisotopic (exact) mass is 340 g/mol. The molecule has 1 spiro atoms. The number of likely N-dealkylation sites (tertiary alicyclic amines) is 1. The fourth-order valence-electron chi connectivity index (χ4n) is 6.97. The SMILES string of the molecule is C[C@@]12CC[C@H](N)[C@@H]3Oc4c(O)ccc5c4[C@@]31CCN(CC1CC1)[C@@H]2C5. The number of aromatic hydroxyl groups is 1. The second-order valence-electron chi connectivity index (χ2n) is 9.49. The first-order chi connectivity index (χ1) is 12.0. The van der Waals surface area contributed by atoms with Gasteiger partial charge in [-0.3, -0.25) is 4.90 Å². The average Bonchev–Trinajstić information content (AvgIpc) is 3.32. The molecule has 1 aromatic carbocycles. The molecule has 25 heavy (non-hydrogen) atoms. The second-order valence-corrected chi connectivity index (χ2v) is 9.49. The molecule has 6 rings (SSSR count). The van der Waals surface area contributed by atoms with Gasteiger partial charge in [0.25, 0.3) is 0 Å². The number of nitrogens with zero attached hydrogens (tertiary/aromatic N) is 1. The molecule has 2 aliphatic heterocycles. The fraction of sp³-hybridized carbons (Fsp3) is 0.714. The first-order valence-corrected chi connectivity index (χ1v) is 10.1. The highest BCUT2D eigenvalue weighted by Crippen LogP contribution is 2.68. The maximum absolute atomic E-state index is 10.5. The summed E-state index contributed by atoms with van der Waals surface area (Å²) in [7, 11) is 0. The van der Waals surface area contributed by atoms with Crippen LogP contribution < -0.4 is 10.5 Å². The van der Waals surface area contributed by atoms with Crippen LogP contribution in [0.15, 0.2) is 12.1 Å². The minimum Gasteiger partial charge on any atom is -0.504 e. The van der Waals surface area contributed by atoms with Crippen LogP contribution in [-0.4, -0.2) is 41.3 Å². The van der Waals surface area contributed by atoms with E-state index in [-0.39, 0.29) is 23.0 Å². The summed E-state index contributed by atoms with van der Waals surface area (Å²) < 4.78 is 6.42. The largest absolute Gasteiger partial charge is 0.504 e. The van der Waals surface area contributed by atoms with Gasteiger partial charge in [0.1, 0.15) is 6.10 Å². The lowest BCUT2D eigenvalue weighted by Crippen LogP contribution is -2.73. The normalized spacial score (nSPS) is 44.3. The molecule has 3 aliphatic carbocycles. The molecule has 134 valence electrons. The maximum Gasteiger partial charge on any atom is 0.165 e. The summed E-state index contributed by atoms with van der Waals surface area (Å²) in [5.74, 6) is 1.98. The van der Waals surface area contributed by atoms with Gasteiger partial charge in [0, 0.05) is 29.6 Å². The van der Waals surface area contributed by atoms with Crippen molar-refractivity contribution in [1.29, 1.82) is 0 Å². The van der Waals surface area contributed by atoms with Gasteiger partial charge in [-0.2, -0.15) is 0 Å². The molecule has 0 radical (unpaired) electrons. The van der Waals surface area contributed by atoms with Gasteiger partial charge in [0.2, 0.25) is 0 Å². The van der Waals surface area contributed by atoms with Crippen molar-refractivity contribution in [2.45, 2.75) is 69.1 Å². The van der Waals surface area contributed by atoms with Gasteiger partial charge in [-0.1, -0.05) is 13.0 Å². The molecular formula is C21H28N2O2. The van der Waals surface area contributed by atoms with Crippen LogP contribution in [0.4, 0.5) is 0 Å². The average molecular weight is 340 g/mol. The Morgan fingerprint density at radius 2 is 2.12 bits per heavy atom. The number of nitrogens with two attached hydrogens (primary N) is 1. The van der Waals surface area contributed by atoms with Crippen molar-refractivity contribution in [1.82, 2.24) is 4.90 Å². The van der Waals surface area contributed by atoms with Gasteiger partial charge in [0.05, 0.1) is 0 Å². The summed E-state index contributed by atoms with van der Waals surface area (Å²) >= 11 is 0. The van der Waals surface area contributed by atoms with E-state index in [0.29, 0.717) is 11.8 Å². The Bertz CT molecular complexity index is 761. The fourth-order valence-corrected chi connectivity index (χ4v) is 6.97. The van der Waals surface area contributed by atoms with Crippen LogP contribution in [0.3, 0.4) is 0 Å². The van der Waals surface area contributed by atoms with E-state index < -0.39 is 0 Å². The third kappa shape index (κ3) is 1.62. The maximum atomic E-state index is 10.5. The number of phenolic OH excluding ortho intramolecular Hbond substituents is 1. The lowest BCUT2D eigenvalue weighted by Gasteiger charge is -2.65. The lowest BCUT2D eigenvalue weighted by molar-refractivity contribution is -0.121. The van der Waals surface area contributed by atoms with Crippen molar-refractivity contribution in [2.24, 2.45) is 17.1 Å². The van der Waals surface area contributed by atoms with E-state index in [0.717, 1.165) is 37.5 Å². The van der Waals surface area contributed by atoms with Gasteiger partial charge in [-0.15, -0.1) is 0 Å². The Labute approximate surface area is 149 Å². The van der Waals surface area contributed by atoms with Gasteiger partial charge in [0.15, 0.2) is 11.5 Å². The van der Waals surface area contributed by atoms with Gasteiger partial charge in [-0.05, 0) is 68.0 Å². The van der Waals surface area contributed by atoms with Crippen LogP contribution in [0, 0.1) is 11.3 Å². The molecule has 3 fully saturated rings. The number of ether oxygens (including phenoxy) is 1. The Balaban J connectivity index is 1.57. The zero-order valence-corrected chi connectivity index (χ0v) is 15.0. The minimum absolute atomic E-state index is 0.00294. The molecule has 2 heterocycles. The van der Waals surface area contributed by atoms with Crippen LogP contribution in [0.2, 0.25) is 0 Å². The Morgan fingerprint density at radius 3 is 2.92 bits per heavy atom. The first kappa shape index (κ1) is 14.9. The molecule has 2 bridgehead atoms. The third-order valence-electron chi connectivity index (χ3n) is 8.38. The molecule has 2 saturated carbocycles. The molecule has 5 atom stereocenters. The van der Waals surface area contributed by atoms with E-state index in [4.69, 9.17) is 10.5 Å². The summed E-state index contributed by atoms with van der Waals surface area (Å²) in [5, 5.41) is 10.5. The summed E-state index contributed by atoms with van der Waals surface area (Å²) in [6, 6.07) is 4.64. The van der Waals surface area contributed by atoms with E-state index >= 15 is 0 Å². The smallest absolute Gasteiger partial charge is 0.165 e. The van der Waals surface area contributed by atoms with E-state index in [2.05, 4.69) is 17.9 Å². The number of phenols is 1. The van der Waals surface area contributed by atoms with E-state index in [1.165, 1.54) is 36.9 Å². The topological polar surface area (TPSA) is 58.7 Å². The molecule has 0 aromatic heterocycles. The van der Waals surface area contributed by atoms with Crippen molar-refractivity contribution in [3.8, 4) is 11.5 Å². The molecule has 1 aromatic rings. The number of piperidine rings is 1. The molecule has 5 aliphatic rings. The number of rotatable bonds is 2. The van der Waals surface area contributed by atoms with Crippen LogP contribution >= 0.6 is 0 Å². The molecule has 4 nitrogen and oxygen atoms in total. The van der Waals surface area contributed by atoms with Gasteiger partial charge >= 0.3 is 0 Å². The number of benzene rings is 1. The predicted molar refractivity (Wildman–Crippen MR) is 95.9 cm³/mol.